The molecule has 42 heavy (non-hydrogen) atoms. The molecule has 2 aromatic carbocycles. The summed E-state index contributed by atoms with van der Waals surface area (Å²) >= 11 is 0. The number of halogens is 2. The predicted octanol–water partition coefficient (Wildman–Crippen LogP) is 3.04. The lowest BCUT2D eigenvalue weighted by Crippen LogP contribution is -2.51. The van der Waals surface area contributed by atoms with Gasteiger partial charge in [0.05, 0.1) is 11.0 Å². The van der Waals surface area contributed by atoms with Crippen molar-refractivity contribution in [2.45, 2.75) is 63.3 Å². The smallest absolute Gasteiger partial charge is 0.251 e. The number of nitrogens with zero attached hydrogens (tertiary/aromatic N) is 2. The maximum Gasteiger partial charge on any atom is 0.251 e. The minimum absolute atomic E-state index is 0.0325. The maximum atomic E-state index is 14.7. The van der Waals surface area contributed by atoms with Gasteiger partial charge in [0.1, 0.15) is 12.2 Å². The highest BCUT2D eigenvalue weighted by molar-refractivity contribution is 5.98. The van der Waals surface area contributed by atoms with E-state index in [4.69, 9.17) is 0 Å². The molecule has 10 heteroatoms. The maximum absolute atomic E-state index is 14.7. The van der Waals surface area contributed by atoms with Gasteiger partial charge in [-0.2, -0.15) is 0 Å². The van der Waals surface area contributed by atoms with E-state index >= 15 is 0 Å². The number of hydrogen-bond acceptors (Lipinski definition) is 5. The molecule has 3 N–H and O–H groups in total. The summed E-state index contributed by atoms with van der Waals surface area (Å²) in [7, 11) is 0. The fourth-order valence-corrected chi connectivity index (χ4v) is 7.03. The molecule has 1 spiro atoms. The number of carbonyl (C=O) groups is 3. The third-order valence-electron chi connectivity index (χ3n) is 9.00. The van der Waals surface area contributed by atoms with Crippen LogP contribution in [0.5, 0.6) is 0 Å². The van der Waals surface area contributed by atoms with Gasteiger partial charge in [-0.3, -0.25) is 19.4 Å². The Hall–Kier alpha value is -3.92. The summed E-state index contributed by atoms with van der Waals surface area (Å²) in [6.07, 6.45) is 6.90. The van der Waals surface area contributed by atoms with Crippen LogP contribution in [0.4, 0.5) is 8.78 Å². The van der Waals surface area contributed by atoms with Crippen LogP contribution in [0.15, 0.2) is 53.5 Å². The van der Waals surface area contributed by atoms with E-state index in [1.54, 1.807) is 32.2 Å². The molecule has 8 nitrogen and oxygen atoms in total. The van der Waals surface area contributed by atoms with E-state index in [1.165, 1.54) is 17.0 Å². The van der Waals surface area contributed by atoms with Gasteiger partial charge in [0.25, 0.3) is 5.91 Å². The zero-order valence-electron chi connectivity index (χ0n) is 23.6. The van der Waals surface area contributed by atoms with E-state index in [9.17, 15) is 28.3 Å². The largest absolute Gasteiger partial charge is 0.389 e. The quantitative estimate of drug-likeness (QED) is 0.508. The van der Waals surface area contributed by atoms with E-state index in [1.807, 2.05) is 18.2 Å². The van der Waals surface area contributed by atoms with Crippen molar-refractivity contribution in [3.63, 3.8) is 0 Å². The number of carbonyl (C=O) groups excluding carboxylic acids is 3. The van der Waals surface area contributed by atoms with Gasteiger partial charge in [0, 0.05) is 36.7 Å². The second-order valence-corrected chi connectivity index (χ2v) is 12.6. The average molecular weight is 577 g/mol. The third-order valence-corrected chi connectivity index (χ3v) is 9.00. The molecule has 0 saturated carbocycles. The number of amides is 3. The summed E-state index contributed by atoms with van der Waals surface area (Å²) in [4.78, 5) is 46.0. The second-order valence-electron chi connectivity index (χ2n) is 12.6. The first-order valence-corrected chi connectivity index (χ1v) is 14.3. The lowest BCUT2D eigenvalue weighted by atomic mass is 9.73. The number of benzene rings is 2. The molecule has 4 aliphatic rings. The van der Waals surface area contributed by atoms with Crippen LogP contribution in [0.1, 0.15) is 59.7 Å². The van der Waals surface area contributed by atoms with Gasteiger partial charge in [-0.15, -0.1) is 0 Å². The Balaban J connectivity index is 1.21. The van der Waals surface area contributed by atoms with E-state index < -0.39 is 40.5 Å². The number of likely N-dealkylation sites (tertiary alicyclic amines) is 1. The van der Waals surface area contributed by atoms with E-state index in [-0.39, 0.29) is 49.0 Å². The molecule has 5 atom stereocenters. The second kappa shape index (κ2) is 10.4. The Morgan fingerprint density at radius 1 is 1.17 bits per heavy atom. The molecular weight excluding hydrogens is 542 g/mol. The first kappa shape index (κ1) is 28.2. The molecule has 3 amide bonds. The predicted molar refractivity (Wildman–Crippen MR) is 152 cm³/mol. The van der Waals surface area contributed by atoms with E-state index in [0.29, 0.717) is 24.8 Å². The van der Waals surface area contributed by atoms with Crippen molar-refractivity contribution in [3.8, 4) is 0 Å². The van der Waals surface area contributed by atoms with Crippen molar-refractivity contribution >= 4 is 23.9 Å². The Morgan fingerprint density at radius 3 is 2.74 bits per heavy atom. The fourth-order valence-electron chi connectivity index (χ4n) is 7.03. The standard InChI is InChI=1S/C32H34F2N4O4/c1-31(2,42)17-38-16-20(22-5-3-7-24(33)26(22)34)10-11-25(29(38)40)36-28(39)18-8-9-19-14-32(15-21(19)13-18)23-6-4-12-35-27(23)37-30(32)41/h3-9,12-13,20,23,25,27,42H,10-11,14-17H2,1-2H3,(H,36,39)(H,37,41)/t20-,23?,25-,27?,32?/m1/s1. The molecule has 2 aromatic rings. The monoisotopic (exact) mass is 576 g/mol. The van der Waals surface area contributed by atoms with Gasteiger partial charge in [-0.1, -0.05) is 24.3 Å². The Bertz CT molecular complexity index is 1520. The lowest BCUT2D eigenvalue weighted by Gasteiger charge is -2.32. The molecular formula is C32H34F2N4O4. The minimum Gasteiger partial charge on any atom is -0.389 e. The van der Waals surface area contributed by atoms with Crippen molar-refractivity contribution in [2.24, 2.45) is 16.3 Å². The Labute approximate surface area is 242 Å². The molecule has 0 aromatic heterocycles. The van der Waals surface area contributed by atoms with Crippen molar-refractivity contribution < 1.29 is 28.3 Å². The molecule has 6 rings (SSSR count). The van der Waals surface area contributed by atoms with Crippen molar-refractivity contribution in [3.05, 3.63) is 82.4 Å². The van der Waals surface area contributed by atoms with Gasteiger partial charge in [-0.25, -0.2) is 8.78 Å². The number of fused-ring (bicyclic) bond motifs is 3. The van der Waals surface area contributed by atoms with Gasteiger partial charge in [0.15, 0.2) is 11.6 Å². The zero-order chi connectivity index (χ0) is 29.8. The number of nitrogens with one attached hydrogen (secondary N) is 2. The van der Waals surface area contributed by atoms with Crippen LogP contribution in [-0.4, -0.2) is 64.8 Å². The van der Waals surface area contributed by atoms with Crippen LogP contribution < -0.4 is 10.6 Å². The lowest BCUT2D eigenvalue weighted by molar-refractivity contribution is -0.135. The molecule has 3 heterocycles. The molecule has 3 aliphatic heterocycles. The van der Waals surface area contributed by atoms with Crippen molar-refractivity contribution in [1.82, 2.24) is 15.5 Å². The summed E-state index contributed by atoms with van der Waals surface area (Å²) in [6.45, 7) is 3.18. The number of β-amino-alcohol motifs (C(OH)–C–C–N with tert-alkyl or cyclic N) is 1. The summed E-state index contributed by atoms with van der Waals surface area (Å²) in [6, 6.07) is 8.44. The Kier molecular flexibility index (Phi) is 7.00. The van der Waals surface area contributed by atoms with Crippen LogP contribution in [0.2, 0.25) is 0 Å². The molecule has 0 radical (unpaired) electrons. The van der Waals surface area contributed by atoms with Gasteiger partial charge in [-0.05, 0) is 80.5 Å². The highest BCUT2D eigenvalue weighted by atomic mass is 19.2. The van der Waals surface area contributed by atoms with Crippen LogP contribution in [0.3, 0.4) is 0 Å². The molecule has 1 aliphatic carbocycles. The summed E-state index contributed by atoms with van der Waals surface area (Å²) in [5.74, 6) is -3.35. The average Bonchev–Trinajstić information content (AvgIpc) is 3.41. The first-order chi connectivity index (χ1) is 19.9. The zero-order valence-corrected chi connectivity index (χ0v) is 23.6. The molecule has 220 valence electrons. The molecule has 0 bridgehead atoms. The summed E-state index contributed by atoms with van der Waals surface area (Å²) in [5, 5.41) is 16.3. The van der Waals surface area contributed by atoms with Crippen molar-refractivity contribution in [2.75, 3.05) is 13.1 Å². The number of allylic oxidation sites excluding steroid dienone is 1. The SMILES string of the molecule is CC(C)(O)CN1C[C@H](c2cccc(F)c2F)CC[C@@H](NC(=O)c2ccc3c(c2)CC2(C3)C(=O)NC3N=CC=CC32)C1=O. The van der Waals surface area contributed by atoms with Gasteiger partial charge < -0.3 is 20.6 Å². The fraction of sp³-hybridized carbons (Fsp3) is 0.438. The number of dihydropyridines is 1. The van der Waals surface area contributed by atoms with Crippen LogP contribution in [0.25, 0.3) is 0 Å². The van der Waals surface area contributed by atoms with Crippen LogP contribution >= 0.6 is 0 Å². The molecule has 2 fully saturated rings. The van der Waals surface area contributed by atoms with Gasteiger partial charge in [0.2, 0.25) is 11.8 Å². The third kappa shape index (κ3) is 5.02. The molecule has 2 saturated heterocycles. The van der Waals surface area contributed by atoms with Gasteiger partial charge >= 0.3 is 0 Å². The number of aliphatic hydroxyl groups is 1. The highest BCUT2D eigenvalue weighted by Crippen LogP contribution is 2.49. The van der Waals surface area contributed by atoms with Crippen LogP contribution in [-0.2, 0) is 22.4 Å². The van der Waals surface area contributed by atoms with Crippen molar-refractivity contribution in [1.29, 1.82) is 0 Å². The topological polar surface area (TPSA) is 111 Å². The van der Waals surface area contributed by atoms with E-state index in [0.717, 1.165) is 17.2 Å². The number of hydrogen-bond donors (Lipinski definition) is 3. The van der Waals surface area contributed by atoms with Crippen LogP contribution in [0, 0.1) is 23.0 Å². The normalized spacial score (nSPS) is 28.5. The Morgan fingerprint density at radius 2 is 1.95 bits per heavy atom. The molecule has 3 unspecified atom stereocenters. The van der Waals surface area contributed by atoms with E-state index in [2.05, 4.69) is 15.6 Å². The summed E-state index contributed by atoms with van der Waals surface area (Å²) in [5.41, 5.74) is 0.578. The number of aliphatic imine (C=N–C) groups is 1. The number of rotatable bonds is 5. The summed E-state index contributed by atoms with van der Waals surface area (Å²) < 4.78 is 28.7. The highest BCUT2D eigenvalue weighted by Gasteiger charge is 2.57. The first-order valence-electron chi connectivity index (χ1n) is 14.3. The minimum atomic E-state index is -1.24.